The summed E-state index contributed by atoms with van der Waals surface area (Å²) < 4.78 is 10.7. The SMILES string of the molecule is CN=C(NCC1CCN(C(=O)OC(C)(C)C)CC1)N1CCN(C(=O)c2ccco2)CC1.I. The Kier molecular flexibility index (Phi) is 9.65. The predicted octanol–water partition coefficient (Wildman–Crippen LogP) is 2.88. The minimum absolute atomic E-state index is 0. The van der Waals surface area contributed by atoms with Crippen molar-refractivity contribution in [3.05, 3.63) is 24.2 Å². The number of rotatable bonds is 3. The minimum atomic E-state index is -0.464. The monoisotopic (exact) mass is 561 g/mol. The van der Waals surface area contributed by atoms with Crippen LogP contribution in [0.15, 0.2) is 27.8 Å². The molecule has 32 heavy (non-hydrogen) atoms. The molecule has 1 aromatic rings. The molecule has 2 saturated heterocycles. The van der Waals surface area contributed by atoms with Crippen LogP contribution in [-0.2, 0) is 4.74 Å². The van der Waals surface area contributed by atoms with Gasteiger partial charge in [-0.25, -0.2) is 4.79 Å². The van der Waals surface area contributed by atoms with Gasteiger partial charge in [-0.3, -0.25) is 9.79 Å². The lowest BCUT2D eigenvalue weighted by Crippen LogP contribution is -2.54. The van der Waals surface area contributed by atoms with Crippen LogP contribution in [0.3, 0.4) is 0 Å². The first-order chi connectivity index (χ1) is 14.8. The summed E-state index contributed by atoms with van der Waals surface area (Å²) in [5.74, 6) is 1.66. The number of halogens is 1. The van der Waals surface area contributed by atoms with Gasteiger partial charge < -0.3 is 29.2 Å². The highest BCUT2D eigenvalue weighted by Gasteiger charge is 2.28. The van der Waals surface area contributed by atoms with Crippen LogP contribution in [0.2, 0.25) is 0 Å². The van der Waals surface area contributed by atoms with Gasteiger partial charge in [-0.05, 0) is 51.7 Å². The quantitative estimate of drug-likeness (QED) is 0.347. The zero-order valence-electron chi connectivity index (χ0n) is 19.5. The van der Waals surface area contributed by atoms with Crippen molar-refractivity contribution in [2.24, 2.45) is 10.9 Å². The van der Waals surface area contributed by atoms with E-state index >= 15 is 0 Å². The van der Waals surface area contributed by atoms with Gasteiger partial charge in [0.05, 0.1) is 6.26 Å². The van der Waals surface area contributed by atoms with Crippen LogP contribution in [0, 0.1) is 5.92 Å². The molecule has 2 aliphatic rings. The van der Waals surface area contributed by atoms with E-state index in [-0.39, 0.29) is 36.0 Å². The second-order valence-electron chi connectivity index (χ2n) is 9.10. The molecular weight excluding hydrogens is 525 g/mol. The predicted molar refractivity (Wildman–Crippen MR) is 133 cm³/mol. The average molecular weight is 561 g/mol. The van der Waals surface area contributed by atoms with Gasteiger partial charge in [0, 0.05) is 52.9 Å². The smallest absolute Gasteiger partial charge is 0.410 e. The van der Waals surface area contributed by atoms with Crippen molar-refractivity contribution in [3.63, 3.8) is 0 Å². The van der Waals surface area contributed by atoms with Crippen LogP contribution in [0.4, 0.5) is 4.79 Å². The van der Waals surface area contributed by atoms with E-state index in [4.69, 9.17) is 9.15 Å². The van der Waals surface area contributed by atoms with Gasteiger partial charge >= 0.3 is 6.09 Å². The summed E-state index contributed by atoms with van der Waals surface area (Å²) in [5.41, 5.74) is -0.464. The molecule has 2 amide bonds. The molecule has 0 saturated carbocycles. The Morgan fingerprint density at radius 3 is 2.25 bits per heavy atom. The molecular formula is C22H36IN5O4. The molecule has 0 aliphatic carbocycles. The molecule has 0 radical (unpaired) electrons. The Hall–Kier alpha value is -1.98. The zero-order valence-corrected chi connectivity index (χ0v) is 21.8. The molecule has 3 rings (SSSR count). The lowest BCUT2D eigenvalue weighted by Gasteiger charge is -2.37. The highest BCUT2D eigenvalue weighted by Crippen LogP contribution is 2.19. The number of nitrogens with zero attached hydrogens (tertiary/aromatic N) is 4. The Balaban J connectivity index is 0.00000363. The number of hydrogen-bond donors (Lipinski definition) is 1. The third-order valence-electron chi connectivity index (χ3n) is 5.63. The molecule has 0 atom stereocenters. The van der Waals surface area contributed by atoms with Crippen molar-refractivity contribution in [1.29, 1.82) is 0 Å². The third-order valence-corrected chi connectivity index (χ3v) is 5.63. The summed E-state index contributed by atoms with van der Waals surface area (Å²) in [4.78, 5) is 34.9. The van der Waals surface area contributed by atoms with Crippen LogP contribution in [0.1, 0.15) is 44.2 Å². The summed E-state index contributed by atoms with van der Waals surface area (Å²) in [5, 5.41) is 3.48. The summed E-state index contributed by atoms with van der Waals surface area (Å²) in [6.07, 6.45) is 3.17. The highest BCUT2D eigenvalue weighted by atomic mass is 127. The van der Waals surface area contributed by atoms with Gasteiger partial charge in [-0.2, -0.15) is 0 Å². The number of piperidine rings is 1. The molecule has 10 heteroatoms. The molecule has 180 valence electrons. The van der Waals surface area contributed by atoms with Gasteiger partial charge in [-0.15, -0.1) is 24.0 Å². The van der Waals surface area contributed by atoms with Crippen molar-refractivity contribution in [2.75, 3.05) is 52.9 Å². The Bertz CT molecular complexity index is 762. The molecule has 3 heterocycles. The van der Waals surface area contributed by atoms with Crippen molar-refractivity contribution < 1.29 is 18.7 Å². The van der Waals surface area contributed by atoms with Gasteiger partial charge in [-0.1, -0.05) is 0 Å². The molecule has 1 aromatic heterocycles. The van der Waals surface area contributed by atoms with Gasteiger partial charge in [0.1, 0.15) is 5.60 Å². The van der Waals surface area contributed by atoms with Crippen LogP contribution >= 0.6 is 24.0 Å². The van der Waals surface area contributed by atoms with Crippen molar-refractivity contribution >= 4 is 41.9 Å². The van der Waals surface area contributed by atoms with Crippen LogP contribution in [0.25, 0.3) is 0 Å². The number of ether oxygens (including phenoxy) is 1. The number of piperazine rings is 1. The maximum absolute atomic E-state index is 12.4. The first-order valence-corrected chi connectivity index (χ1v) is 11.0. The summed E-state index contributed by atoms with van der Waals surface area (Å²) >= 11 is 0. The molecule has 0 aromatic carbocycles. The van der Waals surface area contributed by atoms with Gasteiger partial charge in [0.15, 0.2) is 11.7 Å². The normalized spacial score (nSPS) is 18.2. The molecule has 1 N–H and O–H groups in total. The zero-order chi connectivity index (χ0) is 22.4. The second kappa shape index (κ2) is 11.8. The lowest BCUT2D eigenvalue weighted by molar-refractivity contribution is 0.0185. The van der Waals surface area contributed by atoms with E-state index in [1.54, 1.807) is 24.1 Å². The van der Waals surface area contributed by atoms with Crippen molar-refractivity contribution in [3.8, 4) is 0 Å². The van der Waals surface area contributed by atoms with E-state index in [1.165, 1.54) is 6.26 Å². The molecule has 0 unspecified atom stereocenters. The van der Waals surface area contributed by atoms with Crippen LogP contribution in [0.5, 0.6) is 0 Å². The highest BCUT2D eigenvalue weighted by molar-refractivity contribution is 14.0. The fourth-order valence-electron chi connectivity index (χ4n) is 3.89. The van der Waals surface area contributed by atoms with Gasteiger partial charge in [0.25, 0.3) is 5.91 Å². The molecule has 2 aliphatic heterocycles. The number of likely N-dealkylation sites (tertiary alicyclic amines) is 1. The number of guanidine groups is 1. The molecule has 0 bridgehead atoms. The van der Waals surface area contributed by atoms with Crippen LogP contribution < -0.4 is 5.32 Å². The van der Waals surface area contributed by atoms with E-state index in [1.807, 2.05) is 25.7 Å². The number of carbonyl (C=O) groups is 2. The number of carbonyl (C=O) groups excluding carboxylic acids is 2. The molecule has 0 spiro atoms. The van der Waals surface area contributed by atoms with E-state index < -0.39 is 5.60 Å². The van der Waals surface area contributed by atoms with E-state index in [9.17, 15) is 9.59 Å². The number of amides is 2. The van der Waals surface area contributed by atoms with Crippen molar-refractivity contribution in [1.82, 2.24) is 20.0 Å². The van der Waals surface area contributed by atoms with E-state index in [0.717, 1.165) is 38.4 Å². The maximum atomic E-state index is 12.4. The Morgan fingerprint density at radius 2 is 1.72 bits per heavy atom. The Morgan fingerprint density at radius 1 is 1.09 bits per heavy atom. The first-order valence-electron chi connectivity index (χ1n) is 11.0. The summed E-state index contributed by atoms with van der Waals surface area (Å²) in [6, 6.07) is 3.43. The lowest BCUT2D eigenvalue weighted by atomic mass is 9.97. The topological polar surface area (TPSA) is 90.6 Å². The average Bonchev–Trinajstić information content (AvgIpc) is 3.28. The fourth-order valence-corrected chi connectivity index (χ4v) is 3.89. The van der Waals surface area contributed by atoms with E-state index in [2.05, 4.69) is 15.2 Å². The minimum Gasteiger partial charge on any atom is -0.459 e. The van der Waals surface area contributed by atoms with Gasteiger partial charge in [0.2, 0.25) is 0 Å². The van der Waals surface area contributed by atoms with Crippen molar-refractivity contribution in [2.45, 2.75) is 39.2 Å². The second-order valence-corrected chi connectivity index (χ2v) is 9.10. The number of aliphatic imine (C=N–C) groups is 1. The number of furan rings is 1. The Labute approximate surface area is 207 Å². The van der Waals surface area contributed by atoms with Crippen LogP contribution in [-0.4, -0.2) is 91.1 Å². The summed E-state index contributed by atoms with van der Waals surface area (Å²) in [6.45, 7) is 10.6. The molecule has 9 nitrogen and oxygen atoms in total. The number of hydrogen-bond acceptors (Lipinski definition) is 5. The number of nitrogens with one attached hydrogen (secondary N) is 1. The maximum Gasteiger partial charge on any atom is 0.410 e. The standard InChI is InChI=1S/C22H35N5O4.HI/c1-22(2,3)31-21(29)27-9-7-17(8-10-27)16-24-20(23-4)26-13-11-25(12-14-26)19(28)18-6-5-15-30-18;/h5-6,15,17H,7-14,16H2,1-4H3,(H,23,24);1H. The molecule has 2 fully saturated rings. The fraction of sp³-hybridized carbons (Fsp3) is 0.682. The first kappa shape index (κ1) is 26.3. The third kappa shape index (κ3) is 7.28. The summed E-state index contributed by atoms with van der Waals surface area (Å²) in [7, 11) is 1.79. The largest absolute Gasteiger partial charge is 0.459 e. The van der Waals surface area contributed by atoms with E-state index in [0.29, 0.717) is 37.9 Å².